The fourth-order valence-corrected chi connectivity index (χ4v) is 4.37. The van der Waals surface area contributed by atoms with Gasteiger partial charge < -0.3 is 4.74 Å². The Morgan fingerprint density at radius 2 is 1.47 bits per heavy atom. The summed E-state index contributed by atoms with van der Waals surface area (Å²) >= 11 is 6.26. The second kappa shape index (κ2) is 7.66. The fraction of sp³-hybridized carbons (Fsp3) is 0.0370. The summed E-state index contributed by atoms with van der Waals surface area (Å²) in [5.41, 5.74) is 7.89. The van der Waals surface area contributed by atoms with Gasteiger partial charge in [-0.2, -0.15) is 0 Å². The highest BCUT2D eigenvalue weighted by molar-refractivity contribution is 6.31. The number of ether oxygens (including phenoxy) is 1. The molecule has 5 aromatic rings. The van der Waals surface area contributed by atoms with Crippen LogP contribution in [-0.2, 0) is 6.42 Å². The van der Waals surface area contributed by atoms with Gasteiger partial charge >= 0.3 is 0 Å². The van der Waals surface area contributed by atoms with E-state index in [0.717, 1.165) is 39.9 Å². The predicted molar refractivity (Wildman–Crippen MR) is 127 cm³/mol. The van der Waals surface area contributed by atoms with Crippen LogP contribution in [-0.4, -0.2) is 15.0 Å². The fourth-order valence-electron chi connectivity index (χ4n) is 4.20. The molecule has 1 heterocycles. The molecule has 0 unspecified atom stereocenters. The summed E-state index contributed by atoms with van der Waals surface area (Å²) in [4.78, 5) is 0. The van der Waals surface area contributed by atoms with Crippen molar-refractivity contribution in [1.29, 1.82) is 0 Å². The summed E-state index contributed by atoms with van der Waals surface area (Å²) in [7, 11) is 0. The van der Waals surface area contributed by atoms with Gasteiger partial charge in [-0.1, -0.05) is 47.1 Å². The molecule has 0 radical (unpaired) electrons. The third kappa shape index (κ3) is 3.35. The third-order valence-electron chi connectivity index (χ3n) is 5.76. The van der Waals surface area contributed by atoms with Crippen molar-refractivity contribution in [1.82, 2.24) is 15.0 Å². The molecule has 0 fully saturated rings. The third-order valence-corrected chi connectivity index (χ3v) is 5.99. The molecule has 0 bridgehead atoms. The molecule has 32 heavy (non-hydrogen) atoms. The van der Waals surface area contributed by atoms with Gasteiger partial charge in [0.2, 0.25) is 0 Å². The lowest BCUT2D eigenvalue weighted by molar-refractivity contribution is 0.483. The number of hydrogen-bond donors (Lipinski definition) is 0. The van der Waals surface area contributed by atoms with Gasteiger partial charge in [0.15, 0.2) is 0 Å². The van der Waals surface area contributed by atoms with Crippen LogP contribution in [0, 0.1) is 0 Å². The number of rotatable bonds is 4. The lowest BCUT2D eigenvalue weighted by Crippen LogP contribution is -2.00. The Bertz CT molecular complexity index is 1430. The zero-order valence-electron chi connectivity index (χ0n) is 17.1. The molecular weight excluding hydrogens is 418 g/mol. The van der Waals surface area contributed by atoms with Crippen LogP contribution in [0.25, 0.3) is 28.1 Å². The van der Waals surface area contributed by atoms with Crippen molar-refractivity contribution in [2.75, 3.05) is 0 Å². The summed E-state index contributed by atoms with van der Waals surface area (Å²) < 4.78 is 7.78. The van der Waals surface area contributed by atoms with Crippen molar-refractivity contribution < 1.29 is 4.74 Å². The Labute approximate surface area is 190 Å². The molecule has 1 aliphatic rings. The van der Waals surface area contributed by atoms with Crippen molar-refractivity contribution in [2.24, 2.45) is 0 Å². The van der Waals surface area contributed by atoms with Crippen LogP contribution < -0.4 is 4.74 Å². The Morgan fingerprint density at radius 1 is 0.750 bits per heavy atom. The van der Waals surface area contributed by atoms with Gasteiger partial charge in [0.25, 0.3) is 0 Å². The van der Waals surface area contributed by atoms with E-state index in [-0.39, 0.29) is 0 Å². The zero-order chi connectivity index (χ0) is 21.5. The number of para-hydroxylation sites is 1. The van der Waals surface area contributed by atoms with Gasteiger partial charge in [-0.25, -0.2) is 4.68 Å². The Kier molecular flexibility index (Phi) is 4.51. The van der Waals surface area contributed by atoms with E-state index < -0.39 is 0 Å². The maximum atomic E-state index is 6.26. The second-order valence-electron chi connectivity index (χ2n) is 7.79. The molecule has 0 aliphatic heterocycles. The van der Waals surface area contributed by atoms with Gasteiger partial charge in [-0.3, -0.25) is 0 Å². The molecule has 1 aliphatic carbocycles. The SMILES string of the molecule is Clc1ccc2c(c1)-c1cc(-n3nncc3-c3ccc(Oc4ccccc4)cc3)ccc1C2. The minimum absolute atomic E-state index is 0.751. The Hall–Kier alpha value is -3.89. The van der Waals surface area contributed by atoms with E-state index in [9.17, 15) is 0 Å². The van der Waals surface area contributed by atoms with E-state index in [1.165, 1.54) is 22.3 Å². The van der Waals surface area contributed by atoms with Crippen LogP contribution in [0.1, 0.15) is 11.1 Å². The molecular formula is C27H18ClN3O. The molecule has 6 rings (SSSR count). The monoisotopic (exact) mass is 435 g/mol. The first-order valence-electron chi connectivity index (χ1n) is 10.4. The van der Waals surface area contributed by atoms with E-state index in [0.29, 0.717) is 0 Å². The quantitative estimate of drug-likeness (QED) is 0.300. The number of halogens is 1. The maximum absolute atomic E-state index is 6.26. The van der Waals surface area contributed by atoms with Crippen LogP contribution in [0.5, 0.6) is 11.5 Å². The first-order valence-corrected chi connectivity index (χ1v) is 10.8. The first-order chi connectivity index (χ1) is 15.7. The van der Waals surface area contributed by atoms with Gasteiger partial charge in [-0.05, 0) is 89.3 Å². The molecule has 1 aromatic heterocycles. The van der Waals surface area contributed by atoms with Gasteiger partial charge in [0.1, 0.15) is 11.5 Å². The standard InChI is InChI=1S/C27H18ClN3O/c28-21-10-6-19-14-20-7-11-22(16-26(20)25(19)15-21)31-27(17-29-30-31)18-8-12-24(13-9-18)32-23-4-2-1-3-5-23/h1-13,15-17H,14H2. The van der Waals surface area contributed by atoms with E-state index in [1.807, 2.05) is 71.4 Å². The van der Waals surface area contributed by atoms with E-state index in [1.54, 1.807) is 6.20 Å². The summed E-state index contributed by atoms with van der Waals surface area (Å²) in [6.07, 6.45) is 2.71. The topological polar surface area (TPSA) is 39.9 Å². The minimum atomic E-state index is 0.751. The average molecular weight is 436 g/mol. The van der Waals surface area contributed by atoms with Crippen LogP contribution in [0.2, 0.25) is 5.02 Å². The molecule has 5 heteroatoms. The number of aromatic nitrogens is 3. The van der Waals surface area contributed by atoms with Crippen molar-refractivity contribution in [3.8, 4) is 39.6 Å². The molecule has 4 nitrogen and oxygen atoms in total. The molecule has 0 spiro atoms. The minimum Gasteiger partial charge on any atom is -0.457 e. The summed E-state index contributed by atoms with van der Waals surface area (Å²) in [6, 6.07) is 30.3. The highest BCUT2D eigenvalue weighted by Crippen LogP contribution is 2.39. The normalized spacial score (nSPS) is 11.8. The van der Waals surface area contributed by atoms with Gasteiger partial charge in [-0.15, -0.1) is 5.10 Å². The highest BCUT2D eigenvalue weighted by Gasteiger charge is 2.20. The molecule has 0 atom stereocenters. The Balaban J connectivity index is 1.33. The second-order valence-corrected chi connectivity index (χ2v) is 8.23. The van der Waals surface area contributed by atoms with Gasteiger partial charge in [0, 0.05) is 10.6 Å². The van der Waals surface area contributed by atoms with Crippen LogP contribution in [0.3, 0.4) is 0 Å². The first kappa shape index (κ1) is 18.8. The van der Waals surface area contributed by atoms with Crippen LogP contribution >= 0.6 is 11.6 Å². The summed E-state index contributed by atoms with van der Waals surface area (Å²) in [5.74, 6) is 1.59. The van der Waals surface area contributed by atoms with Crippen molar-refractivity contribution in [3.05, 3.63) is 113 Å². The van der Waals surface area contributed by atoms with Gasteiger partial charge in [0.05, 0.1) is 17.6 Å². The molecule has 0 N–H and O–H groups in total. The van der Waals surface area contributed by atoms with E-state index in [4.69, 9.17) is 16.3 Å². The summed E-state index contributed by atoms with van der Waals surface area (Å²) in [6.45, 7) is 0. The summed E-state index contributed by atoms with van der Waals surface area (Å²) in [5, 5.41) is 9.29. The number of hydrogen-bond acceptors (Lipinski definition) is 3. The molecule has 0 amide bonds. The lowest BCUT2D eigenvalue weighted by Gasteiger charge is -2.10. The molecule has 0 saturated carbocycles. The number of fused-ring (bicyclic) bond motifs is 3. The molecule has 0 saturated heterocycles. The number of benzene rings is 4. The van der Waals surface area contributed by atoms with Crippen molar-refractivity contribution in [2.45, 2.75) is 6.42 Å². The largest absolute Gasteiger partial charge is 0.457 e. The zero-order valence-corrected chi connectivity index (χ0v) is 17.8. The Morgan fingerprint density at radius 3 is 2.28 bits per heavy atom. The average Bonchev–Trinajstić information content (AvgIpc) is 3.45. The predicted octanol–water partition coefficient (Wildman–Crippen LogP) is 6.95. The van der Waals surface area contributed by atoms with Crippen molar-refractivity contribution in [3.63, 3.8) is 0 Å². The maximum Gasteiger partial charge on any atom is 0.127 e. The number of nitrogens with zero attached hydrogens (tertiary/aromatic N) is 3. The van der Waals surface area contributed by atoms with Crippen LogP contribution in [0.15, 0.2) is 97.2 Å². The smallest absolute Gasteiger partial charge is 0.127 e. The van der Waals surface area contributed by atoms with E-state index in [2.05, 4.69) is 34.6 Å². The van der Waals surface area contributed by atoms with Crippen molar-refractivity contribution >= 4 is 11.6 Å². The molecule has 154 valence electrons. The van der Waals surface area contributed by atoms with Crippen LogP contribution in [0.4, 0.5) is 0 Å². The highest BCUT2D eigenvalue weighted by atomic mass is 35.5. The lowest BCUT2D eigenvalue weighted by atomic mass is 10.0. The molecule has 4 aromatic carbocycles. The van der Waals surface area contributed by atoms with E-state index >= 15 is 0 Å².